The quantitative estimate of drug-likeness (QED) is 0.749. The van der Waals surface area contributed by atoms with E-state index in [-0.39, 0.29) is 24.1 Å². The van der Waals surface area contributed by atoms with Gasteiger partial charge in [-0.25, -0.2) is 9.78 Å². The summed E-state index contributed by atoms with van der Waals surface area (Å²) in [6.45, 7) is 3.62. The lowest BCUT2D eigenvalue weighted by molar-refractivity contribution is -0.133. The molecule has 0 bridgehead atoms. The maximum absolute atomic E-state index is 12.5. The van der Waals surface area contributed by atoms with Crippen molar-refractivity contribution in [3.05, 3.63) is 47.0 Å². The number of piperazine rings is 1. The van der Waals surface area contributed by atoms with Gasteiger partial charge in [-0.1, -0.05) is 0 Å². The molecule has 2 aromatic rings. The van der Waals surface area contributed by atoms with Gasteiger partial charge in [0.1, 0.15) is 12.3 Å². The van der Waals surface area contributed by atoms with Crippen LogP contribution in [0.3, 0.4) is 0 Å². The molecule has 0 saturated carbocycles. The number of aromatic nitrogens is 2. The van der Waals surface area contributed by atoms with Crippen LogP contribution in [0.25, 0.3) is 11.3 Å². The minimum Gasteiger partial charge on any atom is -0.497 e. The second-order valence-corrected chi connectivity index (χ2v) is 6.54. The molecule has 29 heavy (non-hydrogen) atoms. The summed E-state index contributed by atoms with van der Waals surface area (Å²) in [4.78, 5) is 44.2. The zero-order chi connectivity index (χ0) is 20.8. The molecular weight excluding hydrogens is 376 g/mol. The van der Waals surface area contributed by atoms with Gasteiger partial charge in [0, 0.05) is 37.8 Å². The first-order valence-corrected chi connectivity index (χ1v) is 9.42. The largest absolute Gasteiger partial charge is 0.497 e. The standard InChI is InChI=1S/C20H24N4O5/c1-3-29-20(27)23-10-8-22(9-11-23)19(26)13-24-14-21-17(12-18(24)25)15-4-6-16(28-2)7-5-15/h4-7,12,14H,3,8-11,13H2,1-2H3. The molecule has 1 aliphatic rings. The number of methoxy groups -OCH3 is 1. The third kappa shape index (κ3) is 4.92. The zero-order valence-electron chi connectivity index (χ0n) is 16.5. The summed E-state index contributed by atoms with van der Waals surface area (Å²) in [5.41, 5.74) is 1.02. The fraction of sp³-hybridized carbons (Fsp3) is 0.400. The average Bonchev–Trinajstić information content (AvgIpc) is 2.75. The van der Waals surface area contributed by atoms with E-state index in [1.165, 1.54) is 17.0 Å². The molecule has 0 spiro atoms. The molecule has 0 unspecified atom stereocenters. The fourth-order valence-corrected chi connectivity index (χ4v) is 3.06. The highest BCUT2D eigenvalue weighted by Crippen LogP contribution is 2.19. The Hall–Kier alpha value is -3.36. The van der Waals surface area contributed by atoms with E-state index in [1.807, 2.05) is 12.1 Å². The molecular formula is C20H24N4O5. The van der Waals surface area contributed by atoms with Gasteiger partial charge in [-0.3, -0.25) is 14.2 Å². The highest BCUT2D eigenvalue weighted by molar-refractivity contribution is 5.76. The summed E-state index contributed by atoms with van der Waals surface area (Å²) in [6, 6.07) is 8.63. The van der Waals surface area contributed by atoms with Crippen molar-refractivity contribution in [2.45, 2.75) is 13.5 Å². The molecule has 2 heterocycles. The summed E-state index contributed by atoms with van der Waals surface area (Å²) in [5, 5.41) is 0. The Morgan fingerprint density at radius 1 is 1.07 bits per heavy atom. The van der Waals surface area contributed by atoms with Crippen molar-refractivity contribution in [2.75, 3.05) is 39.9 Å². The molecule has 154 valence electrons. The molecule has 3 rings (SSSR count). The summed E-state index contributed by atoms with van der Waals surface area (Å²) in [7, 11) is 1.59. The highest BCUT2D eigenvalue weighted by atomic mass is 16.6. The topological polar surface area (TPSA) is 94.0 Å². The first kappa shape index (κ1) is 20.4. The zero-order valence-corrected chi connectivity index (χ0v) is 16.5. The third-order valence-corrected chi connectivity index (χ3v) is 4.73. The van der Waals surface area contributed by atoms with Crippen LogP contribution in [0.2, 0.25) is 0 Å². The van der Waals surface area contributed by atoms with Gasteiger partial charge in [0.05, 0.1) is 25.7 Å². The lowest BCUT2D eigenvalue weighted by atomic mass is 10.1. The summed E-state index contributed by atoms with van der Waals surface area (Å²) in [5.74, 6) is 0.533. The number of benzene rings is 1. The van der Waals surface area contributed by atoms with Crippen LogP contribution in [0.5, 0.6) is 5.75 Å². The number of hydrogen-bond donors (Lipinski definition) is 0. The Morgan fingerprint density at radius 3 is 2.31 bits per heavy atom. The maximum Gasteiger partial charge on any atom is 0.409 e. The van der Waals surface area contributed by atoms with Gasteiger partial charge in [-0.05, 0) is 31.2 Å². The summed E-state index contributed by atoms with van der Waals surface area (Å²) >= 11 is 0. The Labute approximate surface area is 168 Å². The first-order chi connectivity index (χ1) is 14.0. The molecule has 0 N–H and O–H groups in total. The van der Waals surface area contributed by atoms with Crippen LogP contribution in [0.4, 0.5) is 4.79 Å². The van der Waals surface area contributed by atoms with E-state index in [9.17, 15) is 14.4 Å². The van der Waals surface area contributed by atoms with Gasteiger partial charge < -0.3 is 19.3 Å². The number of nitrogens with zero attached hydrogens (tertiary/aromatic N) is 4. The Balaban J connectivity index is 1.61. The average molecular weight is 400 g/mol. The predicted octanol–water partition coefficient (Wildman–Crippen LogP) is 1.22. The molecule has 9 heteroatoms. The van der Waals surface area contributed by atoms with Crippen LogP contribution in [-0.2, 0) is 16.1 Å². The van der Waals surface area contributed by atoms with Gasteiger partial charge >= 0.3 is 6.09 Å². The molecule has 0 aliphatic carbocycles. The number of amides is 2. The van der Waals surface area contributed by atoms with Crippen molar-refractivity contribution in [1.29, 1.82) is 0 Å². The van der Waals surface area contributed by atoms with Crippen LogP contribution in [0.1, 0.15) is 6.92 Å². The number of carbonyl (C=O) groups is 2. The van der Waals surface area contributed by atoms with Crippen LogP contribution in [0, 0.1) is 0 Å². The van der Waals surface area contributed by atoms with Crippen molar-refractivity contribution in [1.82, 2.24) is 19.4 Å². The lowest BCUT2D eigenvalue weighted by Crippen LogP contribution is -2.51. The van der Waals surface area contributed by atoms with E-state index >= 15 is 0 Å². The van der Waals surface area contributed by atoms with Crippen molar-refractivity contribution >= 4 is 12.0 Å². The van der Waals surface area contributed by atoms with Gasteiger partial charge in [-0.15, -0.1) is 0 Å². The van der Waals surface area contributed by atoms with Gasteiger partial charge in [0.2, 0.25) is 5.91 Å². The Bertz CT molecular complexity index is 917. The van der Waals surface area contributed by atoms with E-state index in [0.717, 1.165) is 11.3 Å². The van der Waals surface area contributed by atoms with Crippen LogP contribution in [-0.4, -0.2) is 71.2 Å². The smallest absolute Gasteiger partial charge is 0.409 e. The van der Waals surface area contributed by atoms with E-state index in [2.05, 4.69) is 4.98 Å². The van der Waals surface area contributed by atoms with Crippen molar-refractivity contribution < 1.29 is 19.1 Å². The molecule has 9 nitrogen and oxygen atoms in total. The molecule has 1 aliphatic heterocycles. The van der Waals surface area contributed by atoms with Gasteiger partial charge in [0.15, 0.2) is 0 Å². The highest BCUT2D eigenvalue weighted by Gasteiger charge is 2.25. The van der Waals surface area contributed by atoms with E-state index in [0.29, 0.717) is 38.5 Å². The van der Waals surface area contributed by atoms with Crippen LogP contribution < -0.4 is 10.3 Å². The molecule has 1 aromatic carbocycles. The summed E-state index contributed by atoms with van der Waals surface area (Å²) < 4.78 is 11.4. The third-order valence-electron chi connectivity index (χ3n) is 4.73. The minimum atomic E-state index is -0.367. The molecule has 1 aromatic heterocycles. The van der Waals surface area contributed by atoms with Gasteiger partial charge in [0.25, 0.3) is 5.56 Å². The second kappa shape index (κ2) is 9.22. The Morgan fingerprint density at radius 2 is 1.72 bits per heavy atom. The molecule has 0 atom stereocenters. The molecule has 0 radical (unpaired) electrons. The van der Waals surface area contributed by atoms with Crippen LogP contribution >= 0.6 is 0 Å². The van der Waals surface area contributed by atoms with Crippen LogP contribution in [0.15, 0.2) is 41.5 Å². The maximum atomic E-state index is 12.5. The lowest BCUT2D eigenvalue weighted by Gasteiger charge is -2.34. The monoisotopic (exact) mass is 400 g/mol. The predicted molar refractivity (Wildman–Crippen MR) is 106 cm³/mol. The van der Waals surface area contributed by atoms with Gasteiger partial charge in [-0.2, -0.15) is 0 Å². The Kier molecular flexibility index (Phi) is 6.48. The van der Waals surface area contributed by atoms with Crippen molar-refractivity contribution in [3.63, 3.8) is 0 Å². The number of carbonyl (C=O) groups excluding carboxylic acids is 2. The van der Waals surface area contributed by atoms with E-state index in [1.54, 1.807) is 36.0 Å². The number of rotatable bonds is 5. The van der Waals surface area contributed by atoms with Crippen molar-refractivity contribution in [3.8, 4) is 17.0 Å². The van der Waals surface area contributed by atoms with Crippen molar-refractivity contribution in [2.24, 2.45) is 0 Å². The molecule has 1 saturated heterocycles. The number of hydrogen-bond acceptors (Lipinski definition) is 6. The SMILES string of the molecule is CCOC(=O)N1CCN(C(=O)Cn2cnc(-c3ccc(OC)cc3)cc2=O)CC1. The normalized spacial score (nSPS) is 13.9. The second-order valence-electron chi connectivity index (χ2n) is 6.54. The first-order valence-electron chi connectivity index (χ1n) is 9.42. The van der Waals surface area contributed by atoms with E-state index in [4.69, 9.17) is 9.47 Å². The molecule has 2 amide bonds. The summed E-state index contributed by atoms with van der Waals surface area (Å²) in [6.07, 6.45) is 1.02. The van der Waals surface area contributed by atoms with E-state index < -0.39 is 0 Å². The molecule has 1 fully saturated rings. The fourth-order valence-electron chi connectivity index (χ4n) is 3.06. The number of ether oxygens (including phenoxy) is 2. The minimum absolute atomic E-state index is 0.0892.